The van der Waals surface area contributed by atoms with Crippen LogP contribution in [0.1, 0.15) is 44.6 Å². The van der Waals surface area contributed by atoms with Crippen LogP contribution in [-0.2, 0) is 4.79 Å². The number of nitrogens with zero attached hydrogens (tertiary/aromatic N) is 1. The van der Waals surface area contributed by atoms with Gasteiger partial charge >= 0.3 is 0 Å². The Bertz CT molecular complexity index is 421. The van der Waals surface area contributed by atoms with Gasteiger partial charge in [-0.1, -0.05) is 37.6 Å². The molecule has 0 unspecified atom stereocenters. The van der Waals surface area contributed by atoms with Gasteiger partial charge in [0.2, 0.25) is 5.91 Å². The molecule has 0 radical (unpaired) electrons. The highest BCUT2D eigenvalue weighted by Crippen LogP contribution is 2.28. The summed E-state index contributed by atoms with van der Waals surface area (Å²) < 4.78 is 0. The molecule has 1 amide bonds. The van der Waals surface area contributed by atoms with Gasteiger partial charge in [-0.3, -0.25) is 4.79 Å². The molecule has 1 saturated heterocycles. The monoisotopic (exact) mass is 279 g/mol. The molecule has 1 aromatic rings. The van der Waals surface area contributed by atoms with Crippen molar-refractivity contribution in [3.8, 4) is 0 Å². The van der Waals surface area contributed by atoms with Crippen LogP contribution in [0.25, 0.3) is 0 Å². The Morgan fingerprint density at radius 2 is 1.68 bits per heavy atom. The zero-order valence-electron chi connectivity index (χ0n) is 11.7. The Morgan fingerprint density at radius 3 is 2.21 bits per heavy atom. The van der Waals surface area contributed by atoms with Crippen molar-refractivity contribution < 1.29 is 4.79 Å². The van der Waals surface area contributed by atoms with E-state index >= 15 is 0 Å². The van der Waals surface area contributed by atoms with Gasteiger partial charge in [0.1, 0.15) is 0 Å². The van der Waals surface area contributed by atoms with E-state index in [9.17, 15) is 4.79 Å². The first-order valence-corrected chi connectivity index (χ1v) is 7.51. The predicted octanol–water partition coefficient (Wildman–Crippen LogP) is 4.09. The first-order valence-electron chi connectivity index (χ1n) is 7.14. The van der Waals surface area contributed by atoms with E-state index in [4.69, 9.17) is 11.6 Å². The summed E-state index contributed by atoms with van der Waals surface area (Å²) in [5.74, 6) is 0.531. The molecule has 0 N–H and O–H groups in total. The van der Waals surface area contributed by atoms with Gasteiger partial charge in [0.25, 0.3) is 0 Å². The fourth-order valence-electron chi connectivity index (χ4n) is 2.79. The van der Waals surface area contributed by atoms with Crippen molar-refractivity contribution in [3.63, 3.8) is 0 Å². The molecule has 1 aliphatic heterocycles. The van der Waals surface area contributed by atoms with Gasteiger partial charge in [0.15, 0.2) is 0 Å². The van der Waals surface area contributed by atoms with E-state index in [1.807, 2.05) is 29.2 Å². The zero-order valence-corrected chi connectivity index (χ0v) is 12.5. The Balaban J connectivity index is 2.19. The average Bonchev–Trinajstić information content (AvgIpc) is 2.42. The van der Waals surface area contributed by atoms with Crippen molar-refractivity contribution in [3.05, 3.63) is 34.9 Å². The normalized spacial score (nSPS) is 17.6. The SMILES string of the molecule is CC(C)[C@@H](C(=O)N1CCCCC1)c1ccc(Cl)cc1. The number of rotatable bonds is 3. The molecular weight excluding hydrogens is 258 g/mol. The van der Waals surface area contributed by atoms with Crippen LogP contribution < -0.4 is 0 Å². The number of hydrogen-bond donors (Lipinski definition) is 0. The maximum Gasteiger partial charge on any atom is 0.230 e. The highest BCUT2D eigenvalue weighted by Gasteiger charge is 2.29. The van der Waals surface area contributed by atoms with Gasteiger partial charge in [-0.2, -0.15) is 0 Å². The van der Waals surface area contributed by atoms with E-state index in [1.165, 1.54) is 6.42 Å². The van der Waals surface area contributed by atoms with Crippen LogP contribution in [0.2, 0.25) is 5.02 Å². The highest BCUT2D eigenvalue weighted by atomic mass is 35.5. The van der Waals surface area contributed by atoms with E-state index in [1.54, 1.807) is 0 Å². The van der Waals surface area contributed by atoms with E-state index in [0.29, 0.717) is 5.92 Å². The Morgan fingerprint density at radius 1 is 1.11 bits per heavy atom. The van der Waals surface area contributed by atoms with Crippen LogP contribution in [0, 0.1) is 5.92 Å². The van der Waals surface area contributed by atoms with E-state index < -0.39 is 0 Å². The molecule has 0 spiro atoms. The molecule has 1 heterocycles. The Labute approximate surface area is 120 Å². The van der Waals surface area contributed by atoms with Gasteiger partial charge in [-0.25, -0.2) is 0 Å². The van der Waals surface area contributed by atoms with Crippen molar-refractivity contribution in [2.75, 3.05) is 13.1 Å². The summed E-state index contributed by atoms with van der Waals surface area (Å²) in [5.41, 5.74) is 1.08. The van der Waals surface area contributed by atoms with E-state index in [2.05, 4.69) is 13.8 Å². The molecule has 0 saturated carbocycles. The van der Waals surface area contributed by atoms with Crippen LogP contribution in [0.4, 0.5) is 0 Å². The zero-order chi connectivity index (χ0) is 13.8. The number of carbonyl (C=O) groups excluding carboxylic acids is 1. The summed E-state index contributed by atoms with van der Waals surface area (Å²) >= 11 is 5.93. The summed E-state index contributed by atoms with van der Waals surface area (Å²) in [4.78, 5) is 14.7. The van der Waals surface area contributed by atoms with Crippen LogP contribution in [0.15, 0.2) is 24.3 Å². The quantitative estimate of drug-likeness (QED) is 0.816. The first-order chi connectivity index (χ1) is 9.09. The fourth-order valence-corrected chi connectivity index (χ4v) is 2.92. The maximum absolute atomic E-state index is 12.7. The summed E-state index contributed by atoms with van der Waals surface area (Å²) in [7, 11) is 0. The number of benzene rings is 1. The third kappa shape index (κ3) is 3.50. The largest absolute Gasteiger partial charge is 0.342 e. The lowest BCUT2D eigenvalue weighted by atomic mass is 9.86. The Kier molecular flexibility index (Phi) is 4.87. The molecule has 0 aromatic heterocycles. The third-order valence-electron chi connectivity index (χ3n) is 3.83. The number of amides is 1. The first kappa shape index (κ1) is 14.4. The predicted molar refractivity (Wildman–Crippen MR) is 79.5 cm³/mol. The number of piperidine rings is 1. The summed E-state index contributed by atoms with van der Waals surface area (Å²) in [6.07, 6.45) is 3.52. The molecule has 104 valence electrons. The van der Waals surface area contributed by atoms with Gasteiger partial charge in [-0.15, -0.1) is 0 Å². The lowest BCUT2D eigenvalue weighted by molar-refractivity contribution is -0.134. The molecule has 2 rings (SSSR count). The van der Waals surface area contributed by atoms with Crippen molar-refractivity contribution in [2.45, 2.75) is 39.0 Å². The molecule has 1 fully saturated rings. The second-order valence-corrected chi connectivity index (χ2v) is 6.10. The molecular formula is C16H22ClNO. The topological polar surface area (TPSA) is 20.3 Å². The molecule has 1 aliphatic rings. The molecule has 2 nitrogen and oxygen atoms in total. The molecule has 0 aliphatic carbocycles. The summed E-state index contributed by atoms with van der Waals surface area (Å²) in [5, 5.41) is 0.719. The van der Waals surface area contributed by atoms with Crippen LogP contribution in [-0.4, -0.2) is 23.9 Å². The minimum atomic E-state index is -0.0460. The van der Waals surface area contributed by atoms with Crippen molar-refractivity contribution in [2.24, 2.45) is 5.92 Å². The number of likely N-dealkylation sites (tertiary alicyclic amines) is 1. The minimum absolute atomic E-state index is 0.0460. The molecule has 3 heteroatoms. The molecule has 1 aromatic carbocycles. The van der Waals surface area contributed by atoms with Crippen LogP contribution in [0.3, 0.4) is 0 Å². The summed E-state index contributed by atoms with van der Waals surface area (Å²) in [6.45, 7) is 6.05. The van der Waals surface area contributed by atoms with E-state index in [-0.39, 0.29) is 11.8 Å². The van der Waals surface area contributed by atoms with Gasteiger partial charge < -0.3 is 4.90 Å². The smallest absolute Gasteiger partial charge is 0.230 e. The number of carbonyl (C=O) groups is 1. The second kappa shape index (κ2) is 6.42. The Hall–Kier alpha value is -1.02. The van der Waals surface area contributed by atoms with Crippen LogP contribution >= 0.6 is 11.6 Å². The van der Waals surface area contributed by atoms with Crippen molar-refractivity contribution in [1.29, 1.82) is 0 Å². The minimum Gasteiger partial charge on any atom is -0.342 e. The summed E-state index contributed by atoms with van der Waals surface area (Å²) in [6, 6.07) is 7.70. The number of halogens is 1. The third-order valence-corrected chi connectivity index (χ3v) is 4.08. The molecule has 0 bridgehead atoms. The highest BCUT2D eigenvalue weighted by molar-refractivity contribution is 6.30. The average molecular weight is 280 g/mol. The van der Waals surface area contributed by atoms with Gasteiger partial charge in [0.05, 0.1) is 5.92 Å². The van der Waals surface area contributed by atoms with Crippen LogP contribution in [0.5, 0.6) is 0 Å². The molecule has 1 atom stereocenters. The lowest BCUT2D eigenvalue weighted by Gasteiger charge is -2.32. The maximum atomic E-state index is 12.7. The lowest BCUT2D eigenvalue weighted by Crippen LogP contribution is -2.40. The second-order valence-electron chi connectivity index (χ2n) is 5.66. The van der Waals surface area contributed by atoms with Gasteiger partial charge in [-0.05, 0) is 42.9 Å². The van der Waals surface area contributed by atoms with E-state index in [0.717, 1.165) is 36.5 Å². The standard InChI is InChI=1S/C16H22ClNO/c1-12(2)15(13-6-8-14(17)9-7-13)16(19)18-10-4-3-5-11-18/h6-9,12,15H,3-5,10-11H2,1-2H3/t15-/m1/s1. The van der Waals surface area contributed by atoms with Crippen molar-refractivity contribution >= 4 is 17.5 Å². The van der Waals surface area contributed by atoms with Gasteiger partial charge in [0, 0.05) is 18.1 Å². The number of hydrogen-bond acceptors (Lipinski definition) is 1. The fraction of sp³-hybridized carbons (Fsp3) is 0.562. The van der Waals surface area contributed by atoms with Crippen molar-refractivity contribution in [1.82, 2.24) is 4.90 Å². The molecule has 19 heavy (non-hydrogen) atoms.